The van der Waals surface area contributed by atoms with Crippen molar-refractivity contribution in [1.29, 1.82) is 0 Å². The van der Waals surface area contributed by atoms with Gasteiger partial charge in [-0.1, -0.05) is 11.6 Å². The molecule has 0 spiro atoms. The predicted octanol–water partition coefficient (Wildman–Crippen LogP) is 2.88. The van der Waals surface area contributed by atoms with E-state index in [2.05, 4.69) is 4.72 Å². The first-order valence-corrected chi connectivity index (χ1v) is 10.4. The third-order valence-electron chi connectivity index (χ3n) is 3.93. The minimum Gasteiger partial charge on any atom is -0.383 e. The SMILES string of the molecule is COCCN(CCOC)C(=O)c1ccc(S(=O)(=O)Nc2ccc(Cl)cc2)cc1. The van der Waals surface area contributed by atoms with Crippen molar-refractivity contribution >= 4 is 33.2 Å². The van der Waals surface area contributed by atoms with Crippen molar-refractivity contribution in [3.8, 4) is 0 Å². The lowest BCUT2D eigenvalue weighted by Crippen LogP contribution is -2.36. The number of sulfonamides is 1. The first-order chi connectivity index (χ1) is 13.4. The van der Waals surface area contributed by atoms with Crippen molar-refractivity contribution in [1.82, 2.24) is 4.90 Å². The fraction of sp³-hybridized carbons (Fsp3) is 0.316. The fourth-order valence-corrected chi connectivity index (χ4v) is 3.59. The minimum atomic E-state index is -3.78. The molecule has 28 heavy (non-hydrogen) atoms. The highest BCUT2D eigenvalue weighted by Crippen LogP contribution is 2.19. The van der Waals surface area contributed by atoms with Gasteiger partial charge in [0.1, 0.15) is 0 Å². The lowest BCUT2D eigenvalue weighted by molar-refractivity contribution is 0.0627. The van der Waals surface area contributed by atoms with Crippen LogP contribution in [0.4, 0.5) is 5.69 Å². The average Bonchev–Trinajstić information content (AvgIpc) is 2.69. The van der Waals surface area contributed by atoms with Crippen LogP contribution in [0.5, 0.6) is 0 Å². The number of methoxy groups -OCH3 is 2. The molecule has 0 atom stereocenters. The van der Waals surface area contributed by atoms with Crippen LogP contribution in [0.2, 0.25) is 5.02 Å². The van der Waals surface area contributed by atoms with E-state index in [0.29, 0.717) is 42.6 Å². The van der Waals surface area contributed by atoms with Crippen LogP contribution < -0.4 is 4.72 Å². The summed E-state index contributed by atoms with van der Waals surface area (Å²) in [7, 11) is -0.652. The molecule has 2 rings (SSSR count). The summed E-state index contributed by atoms with van der Waals surface area (Å²) in [6, 6.07) is 12.1. The molecule has 2 aromatic rings. The van der Waals surface area contributed by atoms with Gasteiger partial charge in [0.05, 0.1) is 18.1 Å². The maximum Gasteiger partial charge on any atom is 0.261 e. The number of nitrogens with one attached hydrogen (secondary N) is 1. The highest BCUT2D eigenvalue weighted by Gasteiger charge is 2.18. The van der Waals surface area contributed by atoms with Gasteiger partial charge in [0.15, 0.2) is 0 Å². The Morgan fingerprint density at radius 1 is 0.964 bits per heavy atom. The molecule has 0 heterocycles. The summed E-state index contributed by atoms with van der Waals surface area (Å²) in [4.78, 5) is 14.3. The Bertz CT molecular complexity index is 862. The first-order valence-electron chi connectivity index (χ1n) is 8.53. The Kier molecular flexibility index (Phi) is 8.25. The summed E-state index contributed by atoms with van der Waals surface area (Å²) in [5.74, 6) is -0.219. The molecule has 0 saturated heterocycles. The van der Waals surface area contributed by atoms with Gasteiger partial charge in [-0.15, -0.1) is 0 Å². The smallest absolute Gasteiger partial charge is 0.261 e. The van der Waals surface area contributed by atoms with Crippen LogP contribution in [0.15, 0.2) is 53.4 Å². The maximum atomic E-state index is 12.7. The van der Waals surface area contributed by atoms with E-state index in [9.17, 15) is 13.2 Å². The zero-order chi connectivity index (χ0) is 20.6. The lowest BCUT2D eigenvalue weighted by Gasteiger charge is -2.22. The van der Waals surface area contributed by atoms with E-state index in [1.807, 2.05) is 0 Å². The second kappa shape index (κ2) is 10.4. The second-order valence-corrected chi connectivity index (χ2v) is 8.03. The van der Waals surface area contributed by atoms with Gasteiger partial charge >= 0.3 is 0 Å². The van der Waals surface area contributed by atoms with Gasteiger partial charge in [-0.3, -0.25) is 9.52 Å². The Hall–Kier alpha value is -2.13. The van der Waals surface area contributed by atoms with Crippen molar-refractivity contribution in [2.45, 2.75) is 4.90 Å². The van der Waals surface area contributed by atoms with Crippen molar-refractivity contribution in [2.24, 2.45) is 0 Å². The summed E-state index contributed by atoms with van der Waals surface area (Å²) in [5.41, 5.74) is 0.785. The summed E-state index contributed by atoms with van der Waals surface area (Å²) in [6.07, 6.45) is 0. The number of rotatable bonds is 10. The normalized spacial score (nSPS) is 11.2. The van der Waals surface area contributed by atoms with Gasteiger partial charge in [0.25, 0.3) is 15.9 Å². The molecule has 7 nitrogen and oxygen atoms in total. The minimum absolute atomic E-state index is 0.0549. The molecule has 0 radical (unpaired) electrons. The van der Waals surface area contributed by atoms with E-state index < -0.39 is 10.0 Å². The molecule has 0 fully saturated rings. The topological polar surface area (TPSA) is 84.9 Å². The largest absolute Gasteiger partial charge is 0.383 e. The number of hydrogen-bond acceptors (Lipinski definition) is 5. The molecule has 0 unspecified atom stereocenters. The molecule has 0 bridgehead atoms. The summed E-state index contributed by atoms with van der Waals surface area (Å²) in [5, 5.41) is 0.511. The number of carbonyl (C=O) groups is 1. The molecule has 0 aromatic heterocycles. The monoisotopic (exact) mass is 426 g/mol. The van der Waals surface area contributed by atoms with E-state index in [-0.39, 0.29) is 10.8 Å². The Balaban J connectivity index is 2.13. The maximum absolute atomic E-state index is 12.7. The number of hydrogen-bond donors (Lipinski definition) is 1. The Labute approximate surface area is 170 Å². The van der Waals surface area contributed by atoms with Gasteiger partial charge in [-0.05, 0) is 48.5 Å². The molecule has 1 amide bonds. The third kappa shape index (κ3) is 6.20. The summed E-state index contributed by atoms with van der Waals surface area (Å²) >= 11 is 5.81. The van der Waals surface area contributed by atoms with Crippen molar-refractivity contribution < 1.29 is 22.7 Å². The van der Waals surface area contributed by atoms with Crippen LogP contribution in [0.3, 0.4) is 0 Å². The molecule has 2 aromatic carbocycles. The molecule has 152 valence electrons. The summed E-state index contributed by atoms with van der Waals surface area (Å²) in [6.45, 7) is 1.62. The zero-order valence-electron chi connectivity index (χ0n) is 15.7. The van der Waals surface area contributed by atoms with E-state index >= 15 is 0 Å². The third-order valence-corrected chi connectivity index (χ3v) is 5.58. The zero-order valence-corrected chi connectivity index (χ0v) is 17.3. The predicted molar refractivity (Wildman–Crippen MR) is 108 cm³/mol. The van der Waals surface area contributed by atoms with Crippen molar-refractivity contribution in [3.63, 3.8) is 0 Å². The van der Waals surface area contributed by atoms with Gasteiger partial charge in [-0.2, -0.15) is 0 Å². The standard InChI is InChI=1S/C19H23ClN2O5S/c1-26-13-11-22(12-14-27-2)19(23)15-3-9-18(10-4-15)28(24,25)21-17-7-5-16(20)6-8-17/h3-10,21H,11-14H2,1-2H3. The molecule has 0 saturated carbocycles. The van der Waals surface area contributed by atoms with Crippen molar-refractivity contribution in [3.05, 3.63) is 59.1 Å². The number of halogens is 1. The number of benzene rings is 2. The molecule has 0 aliphatic heterocycles. The van der Waals surface area contributed by atoms with Gasteiger partial charge < -0.3 is 14.4 Å². The molecule has 1 N–H and O–H groups in total. The van der Waals surface area contributed by atoms with E-state index in [1.54, 1.807) is 43.4 Å². The number of carbonyl (C=O) groups excluding carboxylic acids is 1. The van der Waals surface area contributed by atoms with Crippen LogP contribution in [0, 0.1) is 0 Å². The molecular formula is C19H23ClN2O5S. The molecule has 0 aliphatic rings. The number of nitrogens with zero attached hydrogens (tertiary/aromatic N) is 1. The van der Waals surface area contributed by atoms with E-state index in [0.717, 1.165) is 0 Å². The lowest BCUT2D eigenvalue weighted by atomic mass is 10.2. The van der Waals surface area contributed by atoms with E-state index in [1.165, 1.54) is 24.3 Å². The van der Waals surface area contributed by atoms with Crippen LogP contribution >= 0.6 is 11.6 Å². The van der Waals surface area contributed by atoms with Crippen LogP contribution in [-0.2, 0) is 19.5 Å². The Morgan fingerprint density at radius 3 is 2.00 bits per heavy atom. The van der Waals surface area contributed by atoms with Gasteiger partial charge in [-0.25, -0.2) is 8.42 Å². The van der Waals surface area contributed by atoms with Crippen LogP contribution in [-0.4, -0.2) is 59.7 Å². The van der Waals surface area contributed by atoms with E-state index in [4.69, 9.17) is 21.1 Å². The summed E-state index contributed by atoms with van der Waals surface area (Å²) < 4.78 is 37.6. The van der Waals surface area contributed by atoms with Crippen molar-refractivity contribution in [2.75, 3.05) is 45.2 Å². The highest BCUT2D eigenvalue weighted by atomic mass is 35.5. The Morgan fingerprint density at radius 2 is 1.50 bits per heavy atom. The van der Waals surface area contributed by atoms with Gasteiger partial charge in [0, 0.05) is 43.6 Å². The molecule has 9 heteroatoms. The molecular weight excluding hydrogens is 404 g/mol. The quantitative estimate of drug-likeness (QED) is 0.631. The number of anilines is 1. The second-order valence-electron chi connectivity index (χ2n) is 5.91. The number of amides is 1. The highest BCUT2D eigenvalue weighted by molar-refractivity contribution is 7.92. The van der Waals surface area contributed by atoms with Crippen LogP contribution in [0.25, 0.3) is 0 Å². The van der Waals surface area contributed by atoms with Gasteiger partial charge in [0.2, 0.25) is 0 Å². The number of ether oxygens (including phenoxy) is 2. The van der Waals surface area contributed by atoms with Crippen LogP contribution in [0.1, 0.15) is 10.4 Å². The average molecular weight is 427 g/mol. The molecule has 0 aliphatic carbocycles. The first kappa shape index (κ1) is 22.2. The fourth-order valence-electron chi connectivity index (χ4n) is 2.41.